The molecule has 0 fully saturated rings. The van der Waals surface area contributed by atoms with Crippen molar-refractivity contribution < 1.29 is 23.1 Å². The van der Waals surface area contributed by atoms with E-state index in [0.29, 0.717) is 6.20 Å². The fraction of sp³-hybridized carbons (Fsp3) is 0.143. The van der Waals surface area contributed by atoms with Crippen LogP contribution in [0.25, 0.3) is 0 Å². The van der Waals surface area contributed by atoms with E-state index in [4.69, 9.17) is 5.11 Å². The Labute approximate surface area is 123 Å². The maximum Gasteiger partial charge on any atom is 0.417 e. The molecule has 0 atom stereocenters. The highest BCUT2D eigenvalue weighted by Gasteiger charge is 2.30. The van der Waals surface area contributed by atoms with Crippen LogP contribution in [0, 0.1) is 0 Å². The minimum absolute atomic E-state index is 0.0650. The summed E-state index contributed by atoms with van der Waals surface area (Å²) in [4.78, 5) is 14.2. The van der Waals surface area contributed by atoms with Gasteiger partial charge in [-0.3, -0.25) is 0 Å². The Morgan fingerprint density at radius 2 is 1.82 bits per heavy atom. The van der Waals surface area contributed by atoms with Gasteiger partial charge in [-0.15, -0.1) is 5.11 Å². The zero-order valence-corrected chi connectivity index (χ0v) is 11.1. The first-order chi connectivity index (χ1) is 10.4. The maximum absolute atomic E-state index is 12.3. The topological polar surface area (TPSA) is 74.9 Å². The third-order valence-corrected chi connectivity index (χ3v) is 2.70. The van der Waals surface area contributed by atoms with Crippen LogP contribution in [0.2, 0.25) is 0 Å². The van der Waals surface area contributed by atoms with Gasteiger partial charge in [0.1, 0.15) is 0 Å². The van der Waals surface area contributed by atoms with E-state index < -0.39 is 17.7 Å². The van der Waals surface area contributed by atoms with Gasteiger partial charge in [0, 0.05) is 6.20 Å². The first kappa shape index (κ1) is 15.6. The molecule has 114 valence electrons. The zero-order chi connectivity index (χ0) is 16.2. The number of aromatic nitrogens is 1. The molecule has 8 heteroatoms. The van der Waals surface area contributed by atoms with Gasteiger partial charge in [-0.1, -0.05) is 12.1 Å². The lowest BCUT2D eigenvalue weighted by Crippen LogP contribution is -2.04. The van der Waals surface area contributed by atoms with Gasteiger partial charge in [-0.25, -0.2) is 9.78 Å². The van der Waals surface area contributed by atoms with E-state index in [9.17, 15) is 18.0 Å². The van der Waals surface area contributed by atoms with Crippen molar-refractivity contribution in [3.05, 3.63) is 59.3 Å². The summed E-state index contributed by atoms with van der Waals surface area (Å²) in [6.45, 7) is 0.169. The van der Waals surface area contributed by atoms with Crippen molar-refractivity contribution in [2.75, 3.05) is 0 Å². The molecule has 0 aliphatic rings. The third-order valence-electron chi connectivity index (χ3n) is 2.70. The number of aromatic carboxylic acids is 1. The average Bonchev–Trinajstić information content (AvgIpc) is 2.47. The van der Waals surface area contributed by atoms with Gasteiger partial charge < -0.3 is 5.11 Å². The molecule has 0 bridgehead atoms. The number of carbonyl (C=O) groups is 1. The molecule has 0 saturated carbocycles. The Morgan fingerprint density at radius 3 is 2.32 bits per heavy atom. The second-order valence-electron chi connectivity index (χ2n) is 4.30. The minimum Gasteiger partial charge on any atom is -0.478 e. The lowest BCUT2D eigenvalue weighted by Gasteiger charge is -2.04. The first-order valence-corrected chi connectivity index (χ1v) is 6.09. The number of carboxylic acids is 1. The van der Waals surface area contributed by atoms with E-state index >= 15 is 0 Å². The summed E-state index contributed by atoms with van der Waals surface area (Å²) < 4.78 is 37.0. The van der Waals surface area contributed by atoms with Crippen LogP contribution in [0.4, 0.5) is 19.0 Å². The van der Waals surface area contributed by atoms with Gasteiger partial charge in [0.2, 0.25) is 0 Å². The SMILES string of the molecule is O=C(O)c1ccc(CN=Nc2ccc(C(F)(F)F)cn2)cc1. The number of carboxylic acid groups (broad SMARTS) is 1. The number of rotatable bonds is 4. The van der Waals surface area contributed by atoms with Crippen molar-refractivity contribution in [2.24, 2.45) is 10.2 Å². The largest absolute Gasteiger partial charge is 0.478 e. The number of nitrogens with zero attached hydrogens (tertiary/aromatic N) is 3. The molecule has 2 rings (SSSR count). The first-order valence-electron chi connectivity index (χ1n) is 6.09. The van der Waals surface area contributed by atoms with Crippen LogP contribution in [-0.2, 0) is 12.7 Å². The van der Waals surface area contributed by atoms with Gasteiger partial charge in [0.25, 0.3) is 0 Å². The van der Waals surface area contributed by atoms with E-state index in [-0.39, 0.29) is 17.9 Å². The number of azo groups is 1. The highest BCUT2D eigenvalue weighted by Crippen LogP contribution is 2.29. The second kappa shape index (κ2) is 6.33. The van der Waals surface area contributed by atoms with E-state index in [1.807, 2.05) is 0 Å². The average molecular weight is 309 g/mol. The van der Waals surface area contributed by atoms with Gasteiger partial charge in [0.05, 0.1) is 17.7 Å². The Bertz CT molecular complexity index is 680. The predicted octanol–water partition coefficient (Wildman–Crippen LogP) is 4.08. The molecule has 2 aromatic rings. The molecule has 0 aliphatic carbocycles. The lowest BCUT2D eigenvalue weighted by atomic mass is 10.1. The molecule has 0 radical (unpaired) electrons. The Kier molecular flexibility index (Phi) is 4.50. The fourth-order valence-electron chi connectivity index (χ4n) is 1.56. The summed E-state index contributed by atoms with van der Waals surface area (Å²) in [6.07, 6.45) is -3.75. The number of hydrogen-bond donors (Lipinski definition) is 1. The Morgan fingerprint density at radius 1 is 1.14 bits per heavy atom. The van der Waals surface area contributed by atoms with Crippen molar-refractivity contribution in [1.29, 1.82) is 0 Å². The van der Waals surface area contributed by atoms with Crippen molar-refractivity contribution >= 4 is 11.8 Å². The van der Waals surface area contributed by atoms with Crippen LogP contribution in [-0.4, -0.2) is 16.1 Å². The summed E-state index contributed by atoms with van der Waals surface area (Å²) in [6, 6.07) is 8.04. The van der Waals surface area contributed by atoms with Crippen LogP contribution < -0.4 is 0 Å². The van der Waals surface area contributed by atoms with Crippen LogP contribution >= 0.6 is 0 Å². The van der Waals surface area contributed by atoms with Crippen LogP contribution in [0.3, 0.4) is 0 Å². The molecular formula is C14H10F3N3O2. The smallest absolute Gasteiger partial charge is 0.417 e. The fourth-order valence-corrected chi connectivity index (χ4v) is 1.56. The standard InChI is InChI=1S/C14H10F3N3O2/c15-14(16,17)11-5-6-12(18-8-11)20-19-7-9-1-3-10(4-2-9)13(21)22/h1-6,8H,7H2,(H,21,22). The normalized spacial score (nSPS) is 11.8. The van der Waals surface area contributed by atoms with Crippen LogP contribution in [0.15, 0.2) is 52.8 Å². The molecule has 1 N–H and O–H groups in total. The molecule has 1 heterocycles. The molecule has 0 aliphatic heterocycles. The zero-order valence-electron chi connectivity index (χ0n) is 11.1. The highest BCUT2D eigenvalue weighted by atomic mass is 19.4. The summed E-state index contributed by atoms with van der Waals surface area (Å²) in [7, 11) is 0. The summed E-state index contributed by atoms with van der Waals surface area (Å²) >= 11 is 0. The van der Waals surface area contributed by atoms with Crippen molar-refractivity contribution in [3.8, 4) is 0 Å². The second-order valence-corrected chi connectivity index (χ2v) is 4.30. The van der Waals surface area contributed by atoms with E-state index in [2.05, 4.69) is 15.2 Å². The third kappa shape index (κ3) is 4.11. The van der Waals surface area contributed by atoms with Crippen LogP contribution in [0.5, 0.6) is 0 Å². The van der Waals surface area contributed by atoms with Gasteiger partial charge in [0.15, 0.2) is 5.82 Å². The molecule has 0 saturated heterocycles. The van der Waals surface area contributed by atoms with Crippen LogP contribution in [0.1, 0.15) is 21.5 Å². The van der Waals surface area contributed by atoms with Crippen molar-refractivity contribution in [1.82, 2.24) is 4.98 Å². The van der Waals surface area contributed by atoms with E-state index in [0.717, 1.165) is 17.7 Å². The quantitative estimate of drug-likeness (QED) is 0.865. The van der Waals surface area contributed by atoms with Gasteiger partial charge in [-0.2, -0.15) is 18.3 Å². The predicted molar refractivity (Wildman–Crippen MR) is 70.9 cm³/mol. The van der Waals surface area contributed by atoms with Crippen molar-refractivity contribution in [2.45, 2.75) is 12.7 Å². The number of halogens is 3. The number of pyridine rings is 1. The number of alkyl halides is 3. The summed E-state index contributed by atoms with van der Waals surface area (Å²) in [5, 5.41) is 16.3. The van der Waals surface area contributed by atoms with Crippen molar-refractivity contribution in [3.63, 3.8) is 0 Å². The highest BCUT2D eigenvalue weighted by molar-refractivity contribution is 5.87. The summed E-state index contributed by atoms with van der Waals surface area (Å²) in [5.74, 6) is -0.961. The van der Waals surface area contributed by atoms with Gasteiger partial charge in [-0.05, 0) is 29.8 Å². The molecular weight excluding hydrogens is 299 g/mol. The number of benzene rings is 1. The molecule has 0 amide bonds. The number of hydrogen-bond acceptors (Lipinski definition) is 4. The van der Waals surface area contributed by atoms with E-state index in [1.165, 1.54) is 12.1 Å². The molecule has 22 heavy (non-hydrogen) atoms. The maximum atomic E-state index is 12.3. The lowest BCUT2D eigenvalue weighted by molar-refractivity contribution is -0.137. The van der Waals surface area contributed by atoms with E-state index in [1.54, 1.807) is 12.1 Å². The van der Waals surface area contributed by atoms with Gasteiger partial charge >= 0.3 is 12.1 Å². The summed E-state index contributed by atoms with van der Waals surface area (Å²) in [5.41, 5.74) is 0.0291. The molecule has 1 aromatic carbocycles. The minimum atomic E-state index is -4.44. The molecule has 0 unspecified atom stereocenters. The molecule has 1 aromatic heterocycles. The Balaban J connectivity index is 1.99. The Hall–Kier alpha value is -2.77. The molecule has 5 nitrogen and oxygen atoms in total. The monoisotopic (exact) mass is 309 g/mol. The molecule has 0 spiro atoms.